The summed E-state index contributed by atoms with van der Waals surface area (Å²) < 4.78 is 5.47. The largest absolute Gasteiger partial charge is 0.444 e. The van der Waals surface area contributed by atoms with Crippen molar-refractivity contribution in [2.24, 2.45) is 11.3 Å². The van der Waals surface area contributed by atoms with Crippen molar-refractivity contribution in [2.75, 3.05) is 13.1 Å². The molecule has 1 aliphatic carbocycles. The van der Waals surface area contributed by atoms with E-state index in [-0.39, 0.29) is 6.09 Å². The van der Waals surface area contributed by atoms with Gasteiger partial charge in [0, 0.05) is 25.2 Å². The lowest BCUT2D eigenvalue weighted by Gasteiger charge is -2.42. The van der Waals surface area contributed by atoms with Crippen LogP contribution in [0.5, 0.6) is 0 Å². The number of likely N-dealkylation sites (tertiary alicyclic amines) is 1. The van der Waals surface area contributed by atoms with E-state index in [1.807, 2.05) is 25.7 Å². The Kier molecular flexibility index (Phi) is 5.65. The molecule has 0 aromatic carbocycles. The number of carbonyl (C=O) groups is 1. The molecule has 2 rings (SSSR count). The molecule has 1 aliphatic heterocycles. The fourth-order valence-corrected chi connectivity index (χ4v) is 4.36. The minimum atomic E-state index is -0.407. The summed E-state index contributed by atoms with van der Waals surface area (Å²) in [5.74, 6) is 0.804. The Morgan fingerprint density at radius 3 is 2.26 bits per heavy atom. The molecule has 2 aliphatic rings. The van der Waals surface area contributed by atoms with Crippen LogP contribution in [-0.2, 0) is 4.74 Å². The van der Waals surface area contributed by atoms with Crippen molar-refractivity contribution in [3.8, 4) is 0 Å². The molecule has 23 heavy (non-hydrogen) atoms. The third-order valence-corrected chi connectivity index (χ3v) is 5.00. The normalized spacial score (nSPS) is 29.4. The average Bonchev–Trinajstić information content (AvgIpc) is 2.34. The predicted molar refractivity (Wildman–Crippen MR) is 94.5 cm³/mol. The molecule has 0 aromatic heterocycles. The minimum Gasteiger partial charge on any atom is -0.444 e. The van der Waals surface area contributed by atoms with Gasteiger partial charge in [-0.15, -0.1) is 0 Å². The lowest BCUT2D eigenvalue weighted by molar-refractivity contribution is 0.0190. The standard InChI is InChI=1S/C19H36N2O2/c1-14-11-16(13-19(5,6)12-14)20-15-7-9-21(10-8-15)17(22)23-18(2,3)4/h14-16,20H,7-13H2,1-6H3. The van der Waals surface area contributed by atoms with Crippen LogP contribution in [0.15, 0.2) is 0 Å². The highest BCUT2D eigenvalue weighted by molar-refractivity contribution is 5.68. The summed E-state index contributed by atoms with van der Waals surface area (Å²) in [6, 6.07) is 1.17. The fourth-order valence-electron chi connectivity index (χ4n) is 4.36. The summed E-state index contributed by atoms with van der Waals surface area (Å²) in [5, 5.41) is 3.87. The van der Waals surface area contributed by atoms with Crippen molar-refractivity contribution in [1.29, 1.82) is 0 Å². The Hall–Kier alpha value is -0.770. The van der Waals surface area contributed by atoms with Crippen LogP contribution in [0.25, 0.3) is 0 Å². The van der Waals surface area contributed by atoms with E-state index >= 15 is 0 Å². The summed E-state index contributed by atoms with van der Waals surface area (Å²) in [4.78, 5) is 14.0. The van der Waals surface area contributed by atoms with Gasteiger partial charge in [-0.2, -0.15) is 0 Å². The first-order valence-corrected chi connectivity index (χ1v) is 9.28. The van der Waals surface area contributed by atoms with Crippen LogP contribution in [0.3, 0.4) is 0 Å². The second-order valence-electron chi connectivity index (χ2n) is 9.52. The molecule has 1 saturated heterocycles. The molecule has 1 heterocycles. The number of nitrogens with one attached hydrogen (secondary N) is 1. The molecule has 0 aromatic rings. The number of nitrogens with zero attached hydrogens (tertiary/aromatic N) is 1. The molecule has 0 radical (unpaired) electrons. The maximum absolute atomic E-state index is 12.1. The van der Waals surface area contributed by atoms with Gasteiger partial charge in [0.25, 0.3) is 0 Å². The van der Waals surface area contributed by atoms with E-state index < -0.39 is 5.60 Å². The lowest BCUT2D eigenvalue weighted by Crippen LogP contribution is -2.50. The highest BCUT2D eigenvalue weighted by Crippen LogP contribution is 2.38. The van der Waals surface area contributed by atoms with Crippen LogP contribution < -0.4 is 5.32 Å². The summed E-state index contributed by atoms with van der Waals surface area (Å²) >= 11 is 0. The first-order chi connectivity index (χ1) is 10.5. The van der Waals surface area contributed by atoms with Gasteiger partial charge in [-0.3, -0.25) is 0 Å². The summed E-state index contributed by atoms with van der Waals surface area (Å²) in [6.45, 7) is 14.5. The predicted octanol–water partition coefficient (Wildman–Crippen LogP) is 4.19. The second kappa shape index (κ2) is 7.00. The topological polar surface area (TPSA) is 41.6 Å². The summed E-state index contributed by atoms with van der Waals surface area (Å²) in [7, 11) is 0. The highest BCUT2D eigenvalue weighted by atomic mass is 16.6. The van der Waals surface area contributed by atoms with E-state index in [1.54, 1.807) is 0 Å². The molecular weight excluding hydrogens is 288 g/mol. The van der Waals surface area contributed by atoms with Crippen molar-refractivity contribution < 1.29 is 9.53 Å². The Morgan fingerprint density at radius 1 is 1.13 bits per heavy atom. The second-order valence-corrected chi connectivity index (χ2v) is 9.52. The van der Waals surface area contributed by atoms with Gasteiger partial charge in [-0.25, -0.2) is 4.79 Å². The molecule has 134 valence electrons. The van der Waals surface area contributed by atoms with Gasteiger partial charge in [0.2, 0.25) is 0 Å². The molecule has 0 spiro atoms. The van der Waals surface area contributed by atoms with Crippen LogP contribution >= 0.6 is 0 Å². The third kappa shape index (κ3) is 5.98. The zero-order chi connectivity index (χ0) is 17.3. The molecule has 2 unspecified atom stereocenters. The zero-order valence-corrected chi connectivity index (χ0v) is 15.9. The van der Waals surface area contributed by atoms with Crippen molar-refractivity contribution in [2.45, 2.75) is 91.3 Å². The van der Waals surface area contributed by atoms with Crippen LogP contribution in [-0.4, -0.2) is 41.8 Å². The lowest BCUT2D eigenvalue weighted by atomic mass is 9.70. The maximum Gasteiger partial charge on any atom is 0.410 e. The Bertz CT molecular complexity index is 406. The van der Waals surface area contributed by atoms with Crippen molar-refractivity contribution in [3.63, 3.8) is 0 Å². The van der Waals surface area contributed by atoms with Crippen LogP contribution in [0.1, 0.15) is 73.6 Å². The van der Waals surface area contributed by atoms with Gasteiger partial charge >= 0.3 is 6.09 Å². The van der Waals surface area contributed by atoms with Crippen LogP contribution in [0, 0.1) is 11.3 Å². The number of rotatable bonds is 2. The van der Waals surface area contributed by atoms with Gasteiger partial charge in [0.15, 0.2) is 0 Å². The van der Waals surface area contributed by atoms with E-state index in [4.69, 9.17) is 4.74 Å². The average molecular weight is 325 g/mol. The molecule has 1 amide bonds. The third-order valence-electron chi connectivity index (χ3n) is 5.00. The molecule has 4 nitrogen and oxygen atoms in total. The van der Waals surface area contributed by atoms with E-state index in [9.17, 15) is 4.79 Å². The first kappa shape index (κ1) is 18.6. The quantitative estimate of drug-likeness (QED) is 0.828. The molecule has 2 fully saturated rings. The molecule has 0 bridgehead atoms. The van der Waals surface area contributed by atoms with Crippen LogP contribution in [0.4, 0.5) is 4.79 Å². The molecule has 2 atom stereocenters. The first-order valence-electron chi connectivity index (χ1n) is 9.28. The summed E-state index contributed by atoms with van der Waals surface area (Å²) in [5.41, 5.74) is 0.0442. The Morgan fingerprint density at radius 2 is 1.74 bits per heavy atom. The number of hydrogen-bond donors (Lipinski definition) is 1. The van der Waals surface area contributed by atoms with Gasteiger partial charge in [-0.1, -0.05) is 20.8 Å². The van der Waals surface area contributed by atoms with Crippen molar-refractivity contribution in [1.82, 2.24) is 10.2 Å². The smallest absolute Gasteiger partial charge is 0.410 e. The van der Waals surface area contributed by atoms with E-state index in [1.165, 1.54) is 19.3 Å². The molecule has 1 saturated carbocycles. The van der Waals surface area contributed by atoms with E-state index in [0.29, 0.717) is 17.5 Å². The van der Waals surface area contributed by atoms with Gasteiger partial charge in [0.1, 0.15) is 5.60 Å². The summed E-state index contributed by atoms with van der Waals surface area (Å²) in [6.07, 6.45) is 5.79. The van der Waals surface area contributed by atoms with Crippen molar-refractivity contribution in [3.05, 3.63) is 0 Å². The van der Waals surface area contributed by atoms with E-state index in [2.05, 4.69) is 26.1 Å². The zero-order valence-electron chi connectivity index (χ0n) is 15.9. The number of hydrogen-bond acceptors (Lipinski definition) is 3. The number of carbonyl (C=O) groups excluding carboxylic acids is 1. The van der Waals surface area contributed by atoms with Crippen LogP contribution in [0.2, 0.25) is 0 Å². The number of piperidine rings is 1. The Balaban J connectivity index is 1.77. The molecule has 1 N–H and O–H groups in total. The van der Waals surface area contributed by atoms with E-state index in [0.717, 1.165) is 31.8 Å². The maximum atomic E-state index is 12.1. The SMILES string of the molecule is CC1CC(NC2CCN(C(=O)OC(C)(C)C)CC2)CC(C)(C)C1. The highest BCUT2D eigenvalue weighted by Gasteiger charge is 2.34. The minimum absolute atomic E-state index is 0.164. The monoisotopic (exact) mass is 324 g/mol. The fraction of sp³-hybridized carbons (Fsp3) is 0.947. The number of ether oxygens (including phenoxy) is 1. The van der Waals surface area contributed by atoms with Gasteiger partial charge < -0.3 is 15.0 Å². The Labute approximate surface area is 142 Å². The molecule has 4 heteroatoms. The van der Waals surface area contributed by atoms with Crippen molar-refractivity contribution >= 4 is 6.09 Å². The molecular formula is C19H36N2O2. The van der Waals surface area contributed by atoms with Gasteiger partial charge in [0.05, 0.1) is 0 Å². The number of amides is 1. The van der Waals surface area contributed by atoms with Gasteiger partial charge in [-0.05, 0) is 64.2 Å².